The second-order valence-electron chi connectivity index (χ2n) is 7.94. The molecule has 0 radical (unpaired) electrons. The van der Waals surface area contributed by atoms with Gasteiger partial charge in [-0.2, -0.15) is 0 Å². The van der Waals surface area contributed by atoms with Crippen LogP contribution in [0.3, 0.4) is 0 Å². The number of benzene rings is 1. The first kappa shape index (κ1) is 23.3. The Morgan fingerprint density at radius 1 is 1.18 bits per heavy atom. The van der Waals surface area contributed by atoms with Gasteiger partial charge in [-0.1, -0.05) is 35.3 Å². The number of rotatable bonds is 6. The number of methoxy groups -OCH3 is 1. The topological polar surface area (TPSA) is 84.1 Å². The monoisotopic (exact) mass is 487 g/mol. The van der Waals surface area contributed by atoms with Crippen LogP contribution in [0.2, 0.25) is 10.0 Å². The van der Waals surface area contributed by atoms with Crippen LogP contribution in [0.15, 0.2) is 42.1 Å². The molecule has 33 heavy (non-hydrogen) atoms. The van der Waals surface area contributed by atoms with Crippen molar-refractivity contribution in [1.82, 2.24) is 14.3 Å². The molecule has 9 heteroatoms. The predicted molar refractivity (Wildman–Crippen MR) is 127 cm³/mol. The van der Waals surface area contributed by atoms with E-state index in [1.807, 2.05) is 29.7 Å². The van der Waals surface area contributed by atoms with Crippen molar-refractivity contribution in [2.75, 3.05) is 20.3 Å². The molecule has 1 aliphatic rings. The molecular weight excluding hydrogens is 465 g/mol. The van der Waals surface area contributed by atoms with Crippen molar-refractivity contribution >= 4 is 46.3 Å². The number of hydrogen-bond donors (Lipinski definition) is 1. The lowest BCUT2D eigenvalue weighted by Crippen LogP contribution is -2.31. The van der Waals surface area contributed by atoms with Gasteiger partial charge in [0.05, 0.1) is 27.4 Å². The zero-order valence-electron chi connectivity index (χ0n) is 18.4. The van der Waals surface area contributed by atoms with Crippen LogP contribution in [0.4, 0.5) is 0 Å². The van der Waals surface area contributed by atoms with Crippen LogP contribution in [0, 0.1) is 13.8 Å². The van der Waals surface area contributed by atoms with Crippen molar-refractivity contribution in [3.63, 3.8) is 0 Å². The van der Waals surface area contributed by atoms with Gasteiger partial charge in [-0.05, 0) is 49.6 Å². The van der Waals surface area contributed by atoms with Gasteiger partial charge >= 0.3 is 0 Å². The number of nitrogens with zero attached hydrogens (tertiary/aromatic N) is 3. The molecule has 1 atom stereocenters. The van der Waals surface area contributed by atoms with Crippen LogP contribution in [0.1, 0.15) is 35.0 Å². The summed E-state index contributed by atoms with van der Waals surface area (Å²) >= 11 is 12.3. The van der Waals surface area contributed by atoms with E-state index in [0.29, 0.717) is 35.0 Å². The zero-order chi connectivity index (χ0) is 23.9. The highest BCUT2D eigenvalue weighted by atomic mass is 35.5. The number of carbonyl (C=O) groups excluding carboxylic acids is 2. The van der Waals surface area contributed by atoms with Gasteiger partial charge in [0.1, 0.15) is 11.3 Å². The molecule has 1 aromatic carbocycles. The summed E-state index contributed by atoms with van der Waals surface area (Å²) in [6, 6.07) is 7.87. The summed E-state index contributed by atoms with van der Waals surface area (Å²) in [5, 5.41) is 12.0. The number of ketones is 1. The average molecular weight is 488 g/mol. The highest BCUT2D eigenvalue weighted by Crippen LogP contribution is 2.41. The molecule has 1 saturated heterocycles. The van der Waals surface area contributed by atoms with Crippen LogP contribution in [-0.2, 0) is 14.3 Å². The number of hydrogen-bond acceptors (Lipinski definition) is 5. The van der Waals surface area contributed by atoms with Crippen LogP contribution in [0.25, 0.3) is 11.4 Å². The molecule has 1 fully saturated rings. The van der Waals surface area contributed by atoms with Gasteiger partial charge in [-0.15, -0.1) is 0 Å². The summed E-state index contributed by atoms with van der Waals surface area (Å²) < 4.78 is 6.95. The van der Waals surface area contributed by atoms with Gasteiger partial charge in [0, 0.05) is 26.5 Å². The fraction of sp³-hybridized carbons (Fsp3) is 0.292. The molecule has 3 heterocycles. The van der Waals surface area contributed by atoms with Crippen molar-refractivity contribution < 1.29 is 19.4 Å². The number of aliphatic hydroxyl groups excluding tert-OH is 1. The fourth-order valence-electron chi connectivity index (χ4n) is 4.19. The third kappa shape index (κ3) is 4.01. The summed E-state index contributed by atoms with van der Waals surface area (Å²) in [5.41, 5.74) is 3.03. The first-order valence-corrected chi connectivity index (χ1v) is 11.2. The number of pyridine rings is 1. The number of aryl methyl sites for hydroxylation is 2. The Morgan fingerprint density at radius 2 is 1.94 bits per heavy atom. The van der Waals surface area contributed by atoms with Gasteiger partial charge in [0.15, 0.2) is 5.76 Å². The number of likely N-dealkylation sites (tertiary alicyclic amines) is 1. The summed E-state index contributed by atoms with van der Waals surface area (Å²) in [6.45, 7) is 4.40. The molecule has 4 rings (SSSR count). The zero-order valence-corrected chi connectivity index (χ0v) is 19.9. The van der Waals surface area contributed by atoms with E-state index in [4.69, 9.17) is 27.9 Å². The van der Waals surface area contributed by atoms with Gasteiger partial charge in [-0.25, -0.2) is 4.98 Å². The Labute approximate surface area is 201 Å². The Morgan fingerprint density at radius 3 is 2.61 bits per heavy atom. The molecule has 1 N–H and O–H groups in total. The van der Waals surface area contributed by atoms with Crippen LogP contribution >= 0.6 is 23.2 Å². The van der Waals surface area contributed by atoms with Gasteiger partial charge in [0.2, 0.25) is 0 Å². The first-order chi connectivity index (χ1) is 15.8. The Balaban J connectivity index is 1.91. The molecular formula is C24H23Cl2N3O4. The van der Waals surface area contributed by atoms with Gasteiger partial charge in [0.25, 0.3) is 11.7 Å². The molecule has 2 aromatic heterocycles. The third-order valence-corrected chi connectivity index (χ3v) is 6.59. The summed E-state index contributed by atoms with van der Waals surface area (Å²) in [4.78, 5) is 32.2. The number of aromatic nitrogens is 2. The second kappa shape index (κ2) is 9.17. The SMILES string of the molecule is COCCCN1C(=O)C(=O)C(=C(O)c2nc3c(C)cccn3c2C)C1c1ccc(Cl)c(Cl)c1. The standard InChI is InChI=1S/C24H23Cl2N3O4/c1-13-6-4-9-28-14(2)19(27-23(13)28)21(30)18-20(15-7-8-16(25)17(26)12-15)29(10-5-11-33-3)24(32)22(18)31/h4,6-9,12,20,30H,5,10-11H2,1-3H3. The highest BCUT2D eigenvalue weighted by Gasteiger charge is 2.46. The smallest absolute Gasteiger partial charge is 0.295 e. The molecule has 0 aliphatic carbocycles. The minimum absolute atomic E-state index is 0.0278. The van der Waals surface area contributed by atoms with E-state index in [2.05, 4.69) is 4.98 Å². The number of carbonyl (C=O) groups is 2. The third-order valence-electron chi connectivity index (χ3n) is 5.86. The van der Waals surface area contributed by atoms with Crippen LogP contribution in [-0.4, -0.2) is 51.3 Å². The van der Waals surface area contributed by atoms with Crippen molar-refractivity contribution in [1.29, 1.82) is 0 Å². The second-order valence-corrected chi connectivity index (χ2v) is 8.76. The summed E-state index contributed by atoms with van der Waals surface area (Å²) in [5.74, 6) is -1.78. The van der Waals surface area contributed by atoms with Crippen LogP contribution < -0.4 is 0 Å². The maximum absolute atomic E-state index is 13.2. The van der Waals surface area contributed by atoms with Gasteiger partial charge in [-0.3, -0.25) is 9.59 Å². The van der Waals surface area contributed by atoms with Crippen molar-refractivity contribution in [3.8, 4) is 0 Å². The van der Waals surface area contributed by atoms with E-state index in [9.17, 15) is 14.7 Å². The Kier molecular flexibility index (Phi) is 6.47. The lowest BCUT2D eigenvalue weighted by atomic mass is 9.96. The molecule has 1 aliphatic heterocycles. The molecule has 0 bridgehead atoms. The lowest BCUT2D eigenvalue weighted by Gasteiger charge is -2.25. The molecule has 0 spiro atoms. The first-order valence-electron chi connectivity index (χ1n) is 10.4. The maximum Gasteiger partial charge on any atom is 0.295 e. The van der Waals surface area contributed by atoms with E-state index in [-0.39, 0.29) is 28.6 Å². The summed E-state index contributed by atoms with van der Waals surface area (Å²) in [7, 11) is 1.57. The Hall–Kier alpha value is -2.87. The molecule has 1 unspecified atom stereocenters. The van der Waals surface area contributed by atoms with Crippen molar-refractivity contribution in [2.45, 2.75) is 26.3 Å². The van der Waals surface area contributed by atoms with E-state index in [0.717, 1.165) is 5.56 Å². The quantitative estimate of drug-likeness (QED) is 0.235. The molecule has 0 saturated carbocycles. The van der Waals surface area contributed by atoms with E-state index in [1.54, 1.807) is 32.2 Å². The minimum Gasteiger partial charge on any atom is -0.505 e. The average Bonchev–Trinajstić information content (AvgIpc) is 3.26. The molecule has 3 aromatic rings. The fourth-order valence-corrected chi connectivity index (χ4v) is 4.50. The largest absolute Gasteiger partial charge is 0.505 e. The molecule has 1 amide bonds. The minimum atomic E-state index is -0.832. The molecule has 7 nitrogen and oxygen atoms in total. The summed E-state index contributed by atoms with van der Waals surface area (Å²) in [6.07, 6.45) is 2.36. The van der Waals surface area contributed by atoms with Crippen molar-refractivity contribution in [3.05, 3.63) is 74.7 Å². The van der Waals surface area contributed by atoms with Gasteiger partial charge < -0.3 is 19.1 Å². The number of aliphatic hydroxyl groups is 1. The number of amides is 1. The highest BCUT2D eigenvalue weighted by molar-refractivity contribution is 6.46. The van der Waals surface area contributed by atoms with Crippen molar-refractivity contribution in [2.24, 2.45) is 0 Å². The number of imidazole rings is 1. The van der Waals surface area contributed by atoms with E-state index < -0.39 is 17.7 Å². The van der Waals surface area contributed by atoms with E-state index >= 15 is 0 Å². The van der Waals surface area contributed by atoms with E-state index in [1.165, 1.54) is 4.90 Å². The number of ether oxygens (including phenoxy) is 1. The molecule has 172 valence electrons. The normalized spacial score (nSPS) is 18.0. The lowest BCUT2D eigenvalue weighted by molar-refractivity contribution is -0.140. The predicted octanol–water partition coefficient (Wildman–Crippen LogP) is 4.72. The number of halogens is 2. The van der Waals surface area contributed by atoms with Crippen LogP contribution in [0.5, 0.6) is 0 Å². The maximum atomic E-state index is 13.2. The number of fused-ring (bicyclic) bond motifs is 1. The number of Topliss-reactive ketones (excluding diaryl/α,β-unsaturated/α-hetero) is 1. The Bertz CT molecular complexity index is 1300.